The molecule has 0 heterocycles. The second-order valence-corrected chi connectivity index (χ2v) is 3.70. The molecule has 0 radical (unpaired) electrons. The number of rotatable bonds is 4. The largest absolute Gasteiger partial charge is 0.0807 e. The summed E-state index contributed by atoms with van der Waals surface area (Å²) >= 11 is 0. The fourth-order valence-corrected chi connectivity index (χ4v) is 1.80. The lowest BCUT2D eigenvalue weighted by molar-refractivity contribution is 0.817. The van der Waals surface area contributed by atoms with Crippen LogP contribution in [-0.4, -0.2) is 0 Å². The molecule has 0 bridgehead atoms. The van der Waals surface area contributed by atoms with Crippen LogP contribution in [0.2, 0.25) is 0 Å². The standard InChI is InChI=1S/C12H20/c1-4-6-8-11-9-10(3)12(11)7-5-2/h8H,4-7,9H2,1-3H3/b11-8+. The van der Waals surface area contributed by atoms with E-state index in [2.05, 4.69) is 26.8 Å². The van der Waals surface area contributed by atoms with E-state index in [1.54, 1.807) is 16.7 Å². The number of hydrogen-bond donors (Lipinski definition) is 0. The van der Waals surface area contributed by atoms with Crippen molar-refractivity contribution < 1.29 is 0 Å². The number of hydrogen-bond acceptors (Lipinski definition) is 0. The average molecular weight is 164 g/mol. The fourth-order valence-electron chi connectivity index (χ4n) is 1.80. The third-order valence-electron chi connectivity index (χ3n) is 2.54. The van der Waals surface area contributed by atoms with Gasteiger partial charge >= 0.3 is 0 Å². The van der Waals surface area contributed by atoms with Crippen LogP contribution in [0.1, 0.15) is 52.9 Å². The topological polar surface area (TPSA) is 0 Å². The van der Waals surface area contributed by atoms with Crippen LogP contribution >= 0.6 is 0 Å². The van der Waals surface area contributed by atoms with E-state index in [1.165, 1.54) is 32.1 Å². The van der Waals surface area contributed by atoms with Crippen LogP contribution in [0.5, 0.6) is 0 Å². The molecule has 0 N–H and O–H groups in total. The first kappa shape index (κ1) is 9.57. The van der Waals surface area contributed by atoms with E-state index in [4.69, 9.17) is 0 Å². The predicted molar refractivity (Wildman–Crippen MR) is 55.2 cm³/mol. The van der Waals surface area contributed by atoms with Gasteiger partial charge in [0.05, 0.1) is 0 Å². The normalized spacial score (nSPS) is 20.1. The summed E-state index contributed by atoms with van der Waals surface area (Å²) in [6, 6.07) is 0. The molecule has 0 aromatic carbocycles. The van der Waals surface area contributed by atoms with Gasteiger partial charge in [0.15, 0.2) is 0 Å². The van der Waals surface area contributed by atoms with Crippen LogP contribution in [0.15, 0.2) is 22.8 Å². The third kappa shape index (κ3) is 2.00. The van der Waals surface area contributed by atoms with Gasteiger partial charge in [-0.2, -0.15) is 0 Å². The van der Waals surface area contributed by atoms with Crippen LogP contribution in [0.4, 0.5) is 0 Å². The number of allylic oxidation sites excluding steroid dienone is 4. The van der Waals surface area contributed by atoms with Crippen LogP contribution in [-0.2, 0) is 0 Å². The fraction of sp³-hybridized carbons (Fsp3) is 0.667. The molecule has 1 aliphatic rings. The highest BCUT2D eigenvalue weighted by molar-refractivity contribution is 5.47. The first-order chi connectivity index (χ1) is 5.79. The molecule has 0 aromatic rings. The van der Waals surface area contributed by atoms with Gasteiger partial charge in [0.25, 0.3) is 0 Å². The zero-order chi connectivity index (χ0) is 8.97. The Morgan fingerprint density at radius 2 is 2.00 bits per heavy atom. The van der Waals surface area contributed by atoms with Gasteiger partial charge in [-0.3, -0.25) is 0 Å². The van der Waals surface area contributed by atoms with Crippen LogP contribution < -0.4 is 0 Å². The second-order valence-electron chi connectivity index (χ2n) is 3.70. The molecule has 0 nitrogen and oxygen atoms in total. The molecule has 0 aromatic heterocycles. The summed E-state index contributed by atoms with van der Waals surface area (Å²) in [6.45, 7) is 6.77. The summed E-state index contributed by atoms with van der Waals surface area (Å²) in [5, 5.41) is 0. The van der Waals surface area contributed by atoms with Crippen molar-refractivity contribution >= 4 is 0 Å². The maximum absolute atomic E-state index is 2.43. The molecule has 0 heteroatoms. The zero-order valence-corrected chi connectivity index (χ0v) is 8.61. The SMILES string of the molecule is CCC/C=C1\CC(C)=C1CCC. The monoisotopic (exact) mass is 164 g/mol. The predicted octanol–water partition coefficient (Wildman–Crippen LogP) is 4.23. The maximum Gasteiger partial charge on any atom is -0.00644 e. The van der Waals surface area contributed by atoms with E-state index in [-0.39, 0.29) is 0 Å². The van der Waals surface area contributed by atoms with E-state index in [0.717, 1.165) is 0 Å². The first-order valence-corrected chi connectivity index (χ1v) is 5.17. The molecule has 0 unspecified atom stereocenters. The van der Waals surface area contributed by atoms with Crippen LogP contribution in [0.25, 0.3) is 0 Å². The Morgan fingerprint density at radius 3 is 2.50 bits per heavy atom. The highest BCUT2D eigenvalue weighted by atomic mass is 14.2. The summed E-state index contributed by atoms with van der Waals surface area (Å²) in [4.78, 5) is 0. The van der Waals surface area contributed by atoms with E-state index in [9.17, 15) is 0 Å². The van der Waals surface area contributed by atoms with Crippen molar-refractivity contribution in [3.63, 3.8) is 0 Å². The Labute approximate surface area is 76.4 Å². The molecule has 0 atom stereocenters. The summed E-state index contributed by atoms with van der Waals surface area (Å²) in [6.07, 6.45) is 8.81. The lowest BCUT2D eigenvalue weighted by Gasteiger charge is -2.25. The Hall–Kier alpha value is -0.520. The minimum absolute atomic E-state index is 1.26. The molecule has 0 aliphatic heterocycles. The highest BCUT2D eigenvalue weighted by Gasteiger charge is 2.17. The lowest BCUT2D eigenvalue weighted by atomic mass is 9.81. The van der Waals surface area contributed by atoms with Gasteiger partial charge in [0, 0.05) is 0 Å². The highest BCUT2D eigenvalue weighted by Crippen LogP contribution is 2.36. The molecular formula is C12H20. The molecule has 0 saturated carbocycles. The van der Waals surface area contributed by atoms with Crippen LogP contribution in [0, 0.1) is 0 Å². The van der Waals surface area contributed by atoms with Gasteiger partial charge in [0.2, 0.25) is 0 Å². The van der Waals surface area contributed by atoms with Crippen molar-refractivity contribution in [2.45, 2.75) is 52.9 Å². The minimum Gasteiger partial charge on any atom is -0.0807 e. The van der Waals surface area contributed by atoms with Crippen molar-refractivity contribution in [2.75, 3.05) is 0 Å². The van der Waals surface area contributed by atoms with Crippen molar-refractivity contribution in [1.82, 2.24) is 0 Å². The molecule has 0 saturated heterocycles. The third-order valence-corrected chi connectivity index (χ3v) is 2.54. The van der Waals surface area contributed by atoms with Crippen molar-refractivity contribution in [3.8, 4) is 0 Å². The Kier molecular flexibility index (Phi) is 3.58. The van der Waals surface area contributed by atoms with Crippen molar-refractivity contribution in [2.24, 2.45) is 0 Å². The average Bonchev–Trinajstić information content (AvgIpc) is 2.08. The van der Waals surface area contributed by atoms with Gasteiger partial charge in [-0.05, 0) is 37.3 Å². The molecule has 1 aliphatic carbocycles. The van der Waals surface area contributed by atoms with E-state index in [1.807, 2.05) is 0 Å². The Morgan fingerprint density at radius 1 is 1.25 bits per heavy atom. The first-order valence-electron chi connectivity index (χ1n) is 5.17. The maximum atomic E-state index is 2.43. The quantitative estimate of drug-likeness (QED) is 0.583. The van der Waals surface area contributed by atoms with Crippen LogP contribution in [0.3, 0.4) is 0 Å². The smallest absolute Gasteiger partial charge is 0.00644 e. The lowest BCUT2D eigenvalue weighted by Crippen LogP contribution is -2.05. The molecule has 68 valence electrons. The minimum atomic E-state index is 1.26. The molecule has 12 heavy (non-hydrogen) atoms. The molecule has 0 fully saturated rings. The molecule has 0 spiro atoms. The van der Waals surface area contributed by atoms with E-state index < -0.39 is 0 Å². The summed E-state index contributed by atoms with van der Waals surface area (Å²) in [7, 11) is 0. The second kappa shape index (κ2) is 4.49. The zero-order valence-electron chi connectivity index (χ0n) is 8.61. The van der Waals surface area contributed by atoms with Gasteiger partial charge in [-0.15, -0.1) is 0 Å². The Balaban J connectivity index is 2.52. The molecule has 1 rings (SSSR count). The van der Waals surface area contributed by atoms with Gasteiger partial charge in [-0.1, -0.05) is 38.3 Å². The molecular weight excluding hydrogens is 144 g/mol. The van der Waals surface area contributed by atoms with Gasteiger partial charge in [-0.25, -0.2) is 0 Å². The van der Waals surface area contributed by atoms with Crippen molar-refractivity contribution in [3.05, 3.63) is 22.8 Å². The summed E-state index contributed by atoms with van der Waals surface area (Å²) in [5.74, 6) is 0. The van der Waals surface area contributed by atoms with Crippen molar-refractivity contribution in [1.29, 1.82) is 0 Å². The van der Waals surface area contributed by atoms with Gasteiger partial charge < -0.3 is 0 Å². The summed E-state index contributed by atoms with van der Waals surface area (Å²) in [5.41, 5.74) is 4.92. The molecule has 0 amide bonds. The van der Waals surface area contributed by atoms with E-state index >= 15 is 0 Å². The van der Waals surface area contributed by atoms with Gasteiger partial charge in [0.1, 0.15) is 0 Å². The summed E-state index contributed by atoms with van der Waals surface area (Å²) < 4.78 is 0. The Bertz CT molecular complexity index is 206. The number of unbranched alkanes of at least 4 members (excludes halogenated alkanes) is 1. The van der Waals surface area contributed by atoms with E-state index in [0.29, 0.717) is 0 Å².